The maximum absolute atomic E-state index is 7.79. The molecule has 540 valence electrons. The highest BCUT2D eigenvalue weighted by Gasteiger charge is 2.54. The van der Waals surface area contributed by atoms with Crippen LogP contribution in [0.15, 0.2) is 84.9 Å². The van der Waals surface area contributed by atoms with Gasteiger partial charge in [-0.1, -0.05) is 184 Å². The fraction of sp³-hybridized carbons (Fsp3) is 0.747. The van der Waals surface area contributed by atoms with Gasteiger partial charge in [-0.25, -0.2) is 0 Å². The van der Waals surface area contributed by atoms with Crippen LogP contribution in [0.3, 0.4) is 0 Å². The minimum atomic E-state index is -2.42. The van der Waals surface area contributed by atoms with Gasteiger partial charge in [0.1, 0.15) is 11.5 Å². The van der Waals surface area contributed by atoms with Gasteiger partial charge in [-0.05, 0) is 148 Å². The zero-order valence-corrected chi connectivity index (χ0v) is 67.8. The van der Waals surface area contributed by atoms with Gasteiger partial charge < -0.3 is 60.6 Å². The maximum Gasteiger partial charge on any atom is 0.200 e. The first-order chi connectivity index (χ1) is 43.9. The standard InChI is InChI=1S/C79H134O13Si3/c1-52(2)95(53(3)4,54(5)6)84-51-67(82-49-61-35-40-63(80-24)41-36-61)46-65-45-66(86-77(18,19)85-65)47-70(91-93(26,27)75(12,13)14)57(9)72-56(8)69(87-78(20,21)88-72)48-71(92-94(28,29)76(15,16)17)58(10)74-59(11)73(89-79(22,23)90-74)55(7)68(44-39-60-33-31-30-32-34-60)83-50-62-37-42-64(81-25)43-38-62/h30-44,52-59,65-74H,45-51H2,1-29H3/b44-39+/t55-,56+,57+,58+,59+,65+,66-,67+,68-,69+,70-,71-,72+,73+,74-/m1/s1. The Kier molecular flexibility index (Phi) is 28.5. The first-order valence-corrected chi connectivity index (χ1v) is 44.2. The molecule has 0 aromatic heterocycles. The summed E-state index contributed by atoms with van der Waals surface area (Å²) in [5.41, 5.74) is 4.58. The van der Waals surface area contributed by atoms with Gasteiger partial charge in [-0.3, -0.25) is 0 Å². The number of hydrogen-bond acceptors (Lipinski definition) is 13. The molecule has 3 saturated heterocycles. The van der Waals surface area contributed by atoms with Crippen LogP contribution in [-0.2, 0) is 64.4 Å². The second-order valence-electron chi connectivity index (χ2n) is 34.0. The zero-order valence-electron chi connectivity index (χ0n) is 64.8. The van der Waals surface area contributed by atoms with E-state index in [9.17, 15) is 0 Å². The van der Waals surface area contributed by atoms with Crippen molar-refractivity contribution in [3.05, 3.63) is 102 Å². The lowest BCUT2D eigenvalue weighted by molar-refractivity contribution is -0.345. The molecule has 3 aromatic carbocycles. The van der Waals surface area contributed by atoms with Gasteiger partial charge in [0.15, 0.2) is 42.3 Å². The van der Waals surface area contributed by atoms with Crippen molar-refractivity contribution in [2.45, 2.75) is 329 Å². The van der Waals surface area contributed by atoms with Crippen LogP contribution in [0.2, 0.25) is 52.9 Å². The molecule has 3 heterocycles. The monoisotopic (exact) mass is 1370 g/mol. The quantitative estimate of drug-likeness (QED) is 0.0552. The second kappa shape index (κ2) is 33.3. The summed E-state index contributed by atoms with van der Waals surface area (Å²) in [5, 5.41) is -0.108. The Morgan fingerprint density at radius 1 is 0.505 bits per heavy atom. The molecule has 13 nitrogen and oxygen atoms in total. The summed E-state index contributed by atoms with van der Waals surface area (Å²) in [6, 6.07) is 26.7. The van der Waals surface area contributed by atoms with E-state index in [0.29, 0.717) is 62.1 Å². The lowest BCUT2D eigenvalue weighted by Gasteiger charge is -2.53. The third-order valence-electron chi connectivity index (χ3n) is 22.2. The summed E-state index contributed by atoms with van der Waals surface area (Å²) in [5.74, 6) is -1.27. The van der Waals surface area contributed by atoms with Crippen LogP contribution in [0.1, 0.15) is 202 Å². The van der Waals surface area contributed by atoms with Crippen LogP contribution in [0, 0.1) is 29.6 Å². The van der Waals surface area contributed by atoms with Gasteiger partial charge in [0, 0.05) is 42.4 Å². The van der Waals surface area contributed by atoms with E-state index >= 15 is 0 Å². The Morgan fingerprint density at radius 3 is 1.37 bits per heavy atom. The van der Waals surface area contributed by atoms with Crippen LogP contribution in [0.5, 0.6) is 11.5 Å². The molecule has 0 saturated carbocycles. The molecule has 3 aliphatic rings. The largest absolute Gasteiger partial charge is 0.497 e. The van der Waals surface area contributed by atoms with E-state index < -0.39 is 42.3 Å². The smallest absolute Gasteiger partial charge is 0.200 e. The molecule has 3 aromatic rings. The summed E-state index contributed by atoms with van der Waals surface area (Å²) in [6.45, 7) is 62.9. The van der Waals surface area contributed by atoms with Crippen molar-refractivity contribution >= 4 is 31.0 Å². The molecular formula is C79H134O13Si3. The van der Waals surface area contributed by atoms with Crippen molar-refractivity contribution in [2.75, 3.05) is 20.8 Å². The summed E-state index contributed by atoms with van der Waals surface area (Å²) >= 11 is 0. The molecule has 3 aliphatic heterocycles. The normalized spacial score (nSPS) is 26.1. The Labute approximate surface area is 581 Å². The zero-order chi connectivity index (χ0) is 71.0. The SMILES string of the molecule is COc1ccc(CO[C@H](CO[Si](C(C)C)(C(C)C)C(C)C)C[C@@H]2C[C@H](C[C@@H](O[Si](C)(C)C(C)(C)C)[C@H](C)[C@H]3OC(C)(C)O[C@@H](C[C@@H](O[Si](C)(C)C(C)(C)C)[C@H](C)[C@H]4OC(C)(C)O[C@@H]([C@H](C)[C@@H](/C=C/c5ccccc5)OCc5ccc(OC)cc5)[C@@H]4C)[C@@H]3C)OC(C)(C)O2)cc1. The summed E-state index contributed by atoms with van der Waals surface area (Å²) in [7, 11) is -3.66. The molecule has 0 spiro atoms. The Morgan fingerprint density at radius 2 is 0.916 bits per heavy atom. The molecule has 0 amide bonds. The Hall–Kier alpha value is -2.79. The molecule has 0 aliphatic carbocycles. The van der Waals surface area contributed by atoms with E-state index in [0.717, 1.165) is 28.2 Å². The van der Waals surface area contributed by atoms with Crippen molar-refractivity contribution in [1.29, 1.82) is 0 Å². The van der Waals surface area contributed by atoms with E-state index in [1.807, 2.05) is 30.3 Å². The summed E-state index contributed by atoms with van der Waals surface area (Å²) < 4.78 is 90.6. The van der Waals surface area contributed by atoms with Crippen LogP contribution in [0.25, 0.3) is 6.08 Å². The van der Waals surface area contributed by atoms with E-state index in [-0.39, 0.29) is 101 Å². The molecule has 0 radical (unpaired) electrons. The average molecular weight is 1380 g/mol. The summed E-state index contributed by atoms with van der Waals surface area (Å²) in [4.78, 5) is 0. The third kappa shape index (κ3) is 21.9. The molecule has 15 atom stereocenters. The highest BCUT2D eigenvalue weighted by molar-refractivity contribution is 6.77. The number of hydrogen-bond donors (Lipinski definition) is 0. The predicted octanol–water partition coefficient (Wildman–Crippen LogP) is 20.2. The Bertz CT molecular complexity index is 2770. The van der Waals surface area contributed by atoms with Crippen molar-refractivity contribution in [1.82, 2.24) is 0 Å². The van der Waals surface area contributed by atoms with Crippen molar-refractivity contribution in [3.63, 3.8) is 0 Å². The molecule has 0 bridgehead atoms. The maximum atomic E-state index is 7.79. The fourth-order valence-corrected chi connectivity index (χ4v) is 23.2. The fourth-order valence-electron chi connectivity index (χ4n) is 14.9. The number of rotatable bonds is 32. The van der Waals surface area contributed by atoms with E-state index in [1.54, 1.807) is 14.2 Å². The minimum absolute atomic E-state index is 0.0370. The number of ether oxygens (including phenoxy) is 10. The minimum Gasteiger partial charge on any atom is -0.497 e. The first-order valence-electron chi connectivity index (χ1n) is 36.2. The highest BCUT2D eigenvalue weighted by Crippen LogP contribution is 2.49. The van der Waals surface area contributed by atoms with Crippen LogP contribution >= 0.6 is 0 Å². The van der Waals surface area contributed by atoms with E-state index in [1.165, 1.54) is 0 Å². The van der Waals surface area contributed by atoms with E-state index in [2.05, 4.69) is 246 Å². The van der Waals surface area contributed by atoms with Gasteiger partial charge in [-0.15, -0.1) is 0 Å². The van der Waals surface area contributed by atoms with Crippen molar-refractivity contribution in [3.8, 4) is 11.5 Å². The molecular weight excluding hydrogens is 1240 g/mol. The predicted molar refractivity (Wildman–Crippen MR) is 396 cm³/mol. The van der Waals surface area contributed by atoms with Gasteiger partial charge in [0.05, 0.1) is 95.1 Å². The van der Waals surface area contributed by atoms with Crippen LogP contribution in [0.4, 0.5) is 0 Å². The lowest BCUT2D eigenvalue weighted by atomic mass is 9.76. The number of benzene rings is 3. The lowest BCUT2D eigenvalue weighted by Crippen LogP contribution is -2.59. The van der Waals surface area contributed by atoms with Gasteiger partial charge in [0.25, 0.3) is 0 Å². The molecule has 0 N–H and O–H groups in total. The van der Waals surface area contributed by atoms with Crippen LogP contribution in [-0.4, -0.2) is 124 Å². The molecule has 3 fully saturated rings. The third-order valence-corrected chi connectivity index (χ3v) is 37.3. The topological polar surface area (TPSA) is 120 Å². The molecule has 6 rings (SSSR count). The van der Waals surface area contributed by atoms with Crippen LogP contribution < -0.4 is 9.47 Å². The Balaban J connectivity index is 1.31. The van der Waals surface area contributed by atoms with E-state index in [4.69, 9.17) is 60.6 Å². The summed E-state index contributed by atoms with van der Waals surface area (Å²) in [6.07, 6.45) is 4.89. The molecule has 95 heavy (non-hydrogen) atoms. The first kappa shape index (κ1) is 81.2. The van der Waals surface area contributed by atoms with Crippen molar-refractivity contribution < 1.29 is 60.6 Å². The van der Waals surface area contributed by atoms with Gasteiger partial charge in [0.2, 0.25) is 0 Å². The van der Waals surface area contributed by atoms with Gasteiger partial charge in [-0.2, -0.15) is 0 Å². The average Bonchev–Trinajstić information content (AvgIpc) is 0.775. The highest BCUT2D eigenvalue weighted by atomic mass is 28.4. The molecule has 16 heteroatoms. The van der Waals surface area contributed by atoms with Gasteiger partial charge >= 0.3 is 0 Å². The van der Waals surface area contributed by atoms with Crippen molar-refractivity contribution in [2.24, 2.45) is 29.6 Å². The molecule has 0 unspecified atom stereocenters. The number of methoxy groups -OCH3 is 2. The second-order valence-corrected chi connectivity index (χ2v) is 48.9.